The lowest BCUT2D eigenvalue weighted by molar-refractivity contribution is -0.121. The molecule has 1 aliphatic heterocycles. The van der Waals surface area contributed by atoms with Gasteiger partial charge in [-0.15, -0.1) is 12.4 Å². The maximum atomic E-state index is 12.4. The van der Waals surface area contributed by atoms with Crippen molar-refractivity contribution in [2.24, 2.45) is 11.8 Å². The van der Waals surface area contributed by atoms with Crippen LogP contribution in [0.15, 0.2) is 30.5 Å². The lowest BCUT2D eigenvalue weighted by Gasteiger charge is -2.31. The van der Waals surface area contributed by atoms with Crippen molar-refractivity contribution in [2.75, 3.05) is 25.0 Å². The second kappa shape index (κ2) is 9.01. The summed E-state index contributed by atoms with van der Waals surface area (Å²) in [5.41, 5.74) is 2.61. The van der Waals surface area contributed by atoms with Crippen LogP contribution >= 0.6 is 12.4 Å². The van der Waals surface area contributed by atoms with E-state index < -0.39 is 0 Å². The van der Waals surface area contributed by atoms with Gasteiger partial charge in [0.15, 0.2) is 0 Å². The van der Waals surface area contributed by atoms with E-state index in [0.29, 0.717) is 29.5 Å². The quantitative estimate of drug-likeness (QED) is 0.738. The van der Waals surface area contributed by atoms with E-state index in [1.807, 2.05) is 38.1 Å². The summed E-state index contributed by atoms with van der Waals surface area (Å²) in [7, 11) is 0. The first-order chi connectivity index (χ1) is 12.5. The topological polar surface area (TPSA) is 85.2 Å². The fraction of sp³-hybridized carbons (Fsp3) is 0.421. The van der Waals surface area contributed by atoms with Crippen LogP contribution in [0.25, 0.3) is 5.69 Å². The van der Waals surface area contributed by atoms with Gasteiger partial charge in [-0.25, -0.2) is 9.48 Å². The molecule has 0 bridgehead atoms. The Kier molecular flexibility index (Phi) is 6.98. The summed E-state index contributed by atoms with van der Waals surface area (Å²) in [6.07, 6.45) is 1.50. The minimum Gasteiger partial charge on any atom is -0.462 e. The maximum Gasteiger partial charge on any atom is 0.341 e. The van der Waals surface area contributed by atoms with Crippen molar-refractivity contribution >= 4 is 30.0 Å². The van der Waals surface area contributed by atoms with Gasteiger partial charge in [0.25, 0.3) is 0 Å². The summed E-state index contributed by atoms with van der Waals surface area (Å²) in [5, 5.41) is 10.4. The number of nitrogens with zero attached hydrogens (tertiary/aromatic N) is 2. The highest BCUT2D eigenvalue weighted by molar-refractivity contribution is 5.93. The summed E-state index contributed by atoms with van der Waals surface area (Å²) in [6.45, 7) is 7.63. The van der Waals surface area contributed by atoms with E-state index in [1.165, 1.54) is 6.20 Å². The van der Waals surface area contributed by atoms with Gasteiger partial charge in [-0.1, -0.05) is 13.0 Å². The maximum absolute atomic E-state index is 12.4. The van der Waals surface area contributed by atoms with Crippen molar-refractivity contribution in [3.63, 3.8) is 0 Å². The van der Waals surface area contributed by atoms with Gasteiger partial charge in [-0.3, -0.25) is 4.79 Å². The van der Waals surface area contributed by atoms with Crippen molar-refractivity contribution in [3.05, 3.63) is 41.7 Å². The first kappa shape index (κ1) is 20.9. The number of carbonyl (C=O) groups is 2. The first-order valence-electron chi connectivity index (χ1n) is 8.85. The van der Waals surface area contributed by atoms with E-state index in [9.17, 15) is 9.59 Å². The van der Waals surface area contributed by atoms with Crippen LogP contribution in [0.2, 0.25) is 0 Å². The van der Waals surface area contributed by atoms with Gasteiger partial charge >= 0.3 is 5.97 Å². The molecule has 0 radical (unpaired) electrons. The number of halogens is 1. The number of carbonyl (C=O) groups excluding carboxylic acids is 2. The number of rotatable bonds is 6. The van der Waals surface area contributed by atoms with Crippen LogP contribution in [0.3, 0.4) is 0 Å². The van der Waals surface area contributed by atoms with Crippen molar-refractivity contribution in [1.82, 2.24) is 15.1 Å². The highest BCUT2D eigenvalue weighted by Gasteiger charge is 2.28. The number of esters is 1. The van der Waals surface area contributed by atoms with E-state index in [2.05, 4.69) is 15.7 Å². The summed E-state index contributed by atoms with van der Waals surface area (Å²) in [5.74, 6) is -0.0258. The first-order valence-corrected chi connectivity index (χ1v) is 8.85. The van der Waals surface area contributed by atoms with Gasteiger partial charge in [0.2, 0.25) is 5.91 Å². The van der Waals surface area contributed by atoms with E-state index >= 15 is 0 Å². The van der Waals surface area contributed by atoms with Gasteiger partial charge in [-0.2, -0.15) is 5.10 Å². The van der Waals surface area contributed by atoms with Crippen molar-refractivity contribution < 1.29 is 14.3 Å². The van der Waals surface area contributed by atoms with Crippen LogP contribution in [0.4, 0.5) is 5.69 Å². The van der Waals surface area contributed by atoms with Gasteiger partial charge in [0.1, 0.15) is 5.56 Å². The fourth-order valence-corrected chi connectivity index (χ4v) is 2.93. The Morgan fingerprint density at radius 1 is 1.41 bits per heavy atom. The molecule has 7 nitrogen and oxygen atoms in total. The molecule has 0 aliphatic carbocycles. The Balaban J connectivity index is 0.00000261. The number of amides is 1. The minimum atomic E-state index is -0.386. The highest BCUT2D eigenvalue weighted by Crippen LogP contribution is 2.21. The Bertz CT molecular complexity index is 817. The second-order valence-electron chi connectivity index (χ2n) is 6.52. The molecule has 1 aromatic heterocycles. The number of aromatic nitrogens is 2. The highest BCUT2D eigenvalue weighted by atomic mass is 35.5. The number of benzene rings is 1. The van der Waals surface area contributed by atoms with Crippen LogP contribution in [-0.2, 0) is 9.53 Å². The Labute approximate surface area is 164 Å². The molecule has 1 unspecified atom stereocenters. The zero-order valence-corrected chi connectivity index (χ0v) is 16.5. The molecule has 2 aromatic rings. The van der Waals surface area contributed by atoms with E-state index in [1.54, 1.807) is 11.6 Å². The average Bonchev–Trinajstić information content (AvgIpc) is 2.95. The summed E-state index contributed by atoms with van der Waals surface area (Å²) >= 11 is 0. The number of hydrogen-bond acceptors (Lipinski definition) is 5. The van der Waals surface area contributed by atoms with E-state index in [0.717, 1.165) is 18.8 Å². The normalized spacial score (nSPS) is 14.6. The van der Waals surface area contributed by atoms with Gasteiger partial charge in [0, 0.05) is 11.6 Å². The summed E-state index contributed by atoms with van der Waals surface area (Å²) < 4.78 is 6.71. The average molecular weight is 393 g/mol. The van der Waals surface area contributed by atoms with Crippen LogP contribution in [0.1, 0.15) is 29.9 Å². The fourth-order valence-electron chi connectivity index (χ4n) is 2.93. The van der Waals surface area contributed by atoms with Crippen molar-refractivity contribution in [2.45, 2.75) is 20.8 Å². The predicted molar refractivity (Wildman–Crippen MR) is 106 cm³/mol. The molecule has 8 heteroatoms. The van der Waals surface area contributed by atoms with Crippen LogP contribution < -0.4 is 10.6 Å². The van der Waals surface area contributed by atoms with Crippen LogP contribution in [-0.4, -0.2) is 41.4 Å². The number of anilines is 1. The standard InChI is InChI=1S/C19H24N4O3.ClH/c1-4-26-19(25)17-11-21-23(13(17)3)16-7-5-6-15(8-16)22-18(24)12(2)14-9-20-10-14;/h5-8,11-12,14,20H,4,9-10H2,1-3H3,(H,22,24);1H. The van der Waals surface area contributed by atoms with Gasteiger partial charge in [-0.05, 0) is 51.1 Å². The SMILES string of the molecule is CCOC(=O)c1cnn(-c2cccc(NC(=O)C(C)C3CNC3)c2)c1C.Cl. The molecule has 0 saturated carbocycles. The summed E-state index contributed by atoms with van der Waals surface area (Å²) in [6, 6.07) is 7.42. The van der Waals surface area contributed by atoms with Gasteiger partial charge in [0.05, 0.1) is 24.2 Å². The minimum absolute atomic E-state index is 0. The summed E-state index contributed by atoms with van der Waals surface area (Å²) in [4.78, 5) is 24.4. The lowest BCUT2D eigenvalue weighted by atomic mass is 9.88. The molecular weight excluding hydrogens is 368 g/mol. The smallest absolute Gasteiger partial charge is 0.341 e. The molecule has 0 spiro atoms. The number of nitrogens with one attached hydrogen (secondary N) is 2. The molecule has 1 aliphatic rings. The third-order valence-electron chi connectivity index (χ3n) is 4.80. The Morgan fingerprint density at radius 3 is 2.78 bits per heavy atom. The van der Waals surface area contributed by atoms with Crippen molar-refractivity contribution in [1.29, 1.82) is 0 Å². The third-order valence-corrected chi connectivity index (χ3v) is 4.80. The molecule has 2 heterocycles. The van der Waals surface area contributed by atoms with Crippen LogP contribution in [0.5, 0.6) is 0 Å². The van der Waals surface area contributed by atoms with Crippen LogP contribution in [0, 0.1) is 18.8 Å². The van der Waals surface area contributed by atoms with Gasteiger partial charge < -0.3 is 15.4 Å². The molecule has 2 N–H and O–H groups in total. The molecule has 3 rings (SSSR count). The van der Waals surface area contributed by atoms with E-state index in [4.69, 9.17) is 4.74 Å². The molecule has 1 atom stereocenters. The molecule has 1 amide bonds. The molecular formula is C19H25ClN4O3. The zero-order valence-electron chi connectivity index (χ0n) is 15.7. The molecule has 27 heavy (non-hydrogen) atoms. The zero-order chi connectivity index (χ0) is 18.7. The number of ether oxygens (including phenoxy) is 1. The third kappa shape index (κ3) is 4.48. The molecule has 1 fully saturated rings. The molecule has 1 aromatic carbocycles. The number of hydrogen-bond donors (Lipinski definition) is 2. The van der Waals surface area contributed by atoms with Crippen molar-refractivity contribution in [3.8, 4) is 5.69 Å². The second-order valence-corrected chi connectivity index (χ2v) is 6.52. The lowest BCUT2D eigenvalue weighted by Crippen LogP contribution is -2.48. The Morgan fingerprint density at radius 2 is 2.15 bits per heavy atom. The monoisotopic (exact) mass is 392 g/mol. The Hall–Kier alpha value is -2.38. The largest absolute Gasteiger partial charge is 0.462 e. The predicted octanol–water partition coefficient (Wildman–Crippen LogP) is 2.57. The van der Waals surface area contributed by atoms with E-state index in [-0.39, 0.29) is 30.2 Å². The molecule has 1 saturated heterocycles. The molecule has 146 valence electrons.